The molecule has 1 aliphatic rings. The zero-order chi connectivity index (χ0) is 14.7. The summed E-state index contributed by atoms with van der Waals surface area (Å²) in [5.41, 5.74) is 0.954. The van der Waals surface area contributed by atoms with Gasteiger partial charge in [0, 0.05) is 18.9 Å². The first-order chi connectivity index (χ1) is 9.54. The number of hydrogen-bond donors (Lipinski definition) is 0. The Labute approximate surface area is 120 Å². The number of rotatable bonds is 3. The summed E-state index contributed by atoms with van der Waals surface area (Å²) in [7, 11) is 1.80. The average Bonchev–Trinajstić information content (AvgIpc) is 2.75. The molecule has 2 rings (SSSR count). The van der Waals surface area contributed by atoms with Gasteiger partial charge in [-0.3, -0.25) is 9.59 Å². The number of fused-ring (bicyclic) bond motifs is 1. The fraction of sp³-hybridized carbons (Fsp3) is 0.214. The second-order valence-electron chi connectivity index (χ2n) is 4.12. The number of hydrogen-bond acceptors (Lipinski definition) is 6. The van der Waals surface area contributed by atoms with E-state index in [-0.39, 0.29) is 5.57 Å². The Morgan fingerprint density at radius 3 is 2.70 bits per heavy atom. The molecule has 0 N–H and O–H groups in total. The summed E-state index contributed by atoms with van der Waals surface area (Å²) in [6.07, 6.45) is 0. The van der Waals surface area contributed by atoms with Crippen LogP contribution in [0.25, 0.3) is 0 Å². The van der Waals surface area contributed by atoms with E-state index in [2.05, 4.69) is 4.74 Å². The van der Waals surface area contributed by atoms with Crippen LogP contribution >= 0.6 is 11.8 Å². The molecular formula is C14H12N2O3S. The lowest BCUT2D eigenvalue weighted by atomic mass is 10.2. The fourth-order valence-corrected chi connectivity index (χ4v) is 2.95. The Morgan fingerprint density at radius 2 is 2.10 bits per heavy atom. The summed E-state index contributed by atoms with van der Waals surface area (Å²) in [5, 5.41) is 9.77. The number of carbonyl (C=O) groups excluding carboxylic acids is 2. The maximum Gasteiger partial charge on any atom is 0.303 e. The number of nitrogens with zero attached hydrogens (tertiary/aromatic N) is 2. The Balaban J connectivity index is 2.30. The topological polar surface area (TPSA) is 70.4 Å². The molecular weight excluding hydrogens is 276 g/mol. The van der Waals surface area contributed by atoms with E-state index in [0.717, 1.165) is 10.6 Å². The molecule has 1 aromatic carbocycles. The quantitative estimate of drug-likeness (QED) is 0.482. The monoisotopic (exact) mass is 288 g/mol. The van der Waals surface area contributed by atoms with Gasteiger partial charge in [-0.1, -0.05) is 23.9 Å². The molecule has 0 aliphatic carbocycles. The van der Waals surface area contributed by atoms with Crippen molar-refractivity contribution in [2.45, 2.75) is 11.8 Å². The zero-order valence-corrected chi connectivity index (χ0v) is 11.9. The smallest absolute Gasteiger partial charge is 0.303 e. The van der Waals surface area contributed by atoms with Crippen molar-refractivity contribution < 1.29 is 14.3 Å². The van der Waals surface area contributed by atoms with E-state index in [0.29, 0.717) is 5.03 Å². The van der Waals surface area contributed by atoms with Crippen LogP contribution in [-0.2, 0) is 14.3 Å². The van der Waals surface area contributed by atoms with Crippen LogP contribution in [0.3, 0.4) is 0 Å². The number of ketones is 1. The minimum Gasteiger partial charge on any atom is -0.457 e. The lowest BCUT2D eigenvalue weighted by molar-refractivity contribution is -0.144. The number of Topliss-reactive ketones (excluding diaryl/α,β-unsaturated/α-hetero) is 1. The van der Waals surface area contributed by atoms with Crippen LogP contribution in [-0.4, -0.2) is 25.4 Å². The Bertz CT molecular complexity index is 646. The molecule has 20 heavy (non-hydrogen) atoms. The van der Waals surface area contributed by atoms with Crippen LogP contribution < -0.4 is 4.90 Å². The normalized spacial score (nSPS) is 15.3. The van der Waals surface area contributed by atoms with Crippen LogP contribution in [0.5, 0.6) is 0 Å². The third kappa shape index (κ3) is 2.68. The van der Waals surface area contributed by atoms with E-state index in [4.69, 9.17) is 0 Å². The molecule has 6 heteroatoms. The maximum atomic E-state index is 12.0. The van der Waals surface area contributed by atoms with Gasteiger partial charge in [-0.2, -0.15) is 5.26 Å². The molecule has 0 saturated carbocycles. The van der Waals surface area contributed by atoms with E-state index >= 15 is 0 Å². The summed E-state index contributed by atoms with van der Waals surface area (Å²) < 4.78 is 4.66. The molecule has 1 heterocycles. The third-order valence-corrected chi connectivity index (χ3v) is 3.99. The zero-order valence-electron chi connectivity index (χ0n) is 11.0. The van der Waals surface area contributed by atoms with Crippen LogP contribution in [0.4, 0.5) is 5.69 Å². The first-order valence-corrected chi connectivity index (χ1v) is 6.67. The van der Waals surface area contributed by atoms with E-state index < -0.39 is 18.4 Å². The van der Waals surface area contributed by atoms with E-state index in [1.807, 2.05) is 30.3 Å². The molecule has 102 valence electrons. The van der Waals surface area contributed by atoms with Gasteiger partial charge in [0.05, 0.1) is 5.69 Å². The van der Waals surface area contributed by atoms with Crippen molar-refractivity contribution in [3.05, 3.63) is 34.9 Å². The van der Waals surface area contributed by atoms with Gasteiger partial charge in [-0.15, -0.1) is 0 Å². The van der Waals surface area contributed by atoms with Crippen molar-refractivity contribution in [1.82, 2.24) is 0 Å². The molecule has 0 saturated heterocycles. The van der Waals surface area contributed by atoms with Crippen LogP contribution in [0.2, 0.25) is 0 Å². The van der Waals surface area contributed by atoms with Crippen molar-refractivity contribution in [3.8, 4) is 6.07 Å². The Morgan fingerprint density at radius 1 is 1.40 bits per heavy atom. The molecule has 0 atom stereocenters. The second kappa shape index (κ2) is 5.80. The summed E-state index contributed by atoms with van der Waals surface area (Å²) in [4.78, 5) is 25.5. The molecule has 0 unspecified atom stereocenters. The Kier molecular flexibility index (Phi) is 4.11. The maximum absolute atomic E-state index is 12.0. The van der Waals surface area contributed by atoms with Gasteiger partial charge < -0.3 is 9.64 Å². The molecule has 0 amide bonds. The number of benzene rings is 1. The number of ether oxygens (including phenoxy) is 1. The summed E-state index contributed by atoms with van der Waals surface area (Å²) in [6.45, 7) is 0.811. The van der Waals surface area contributed by atoms with Crippen molar-refractivity contribution in [1.29, 1.82) is 5.26 Å². The lowest BCUT2D eigenvalue weighted by Crippen LogP contribution is -2.19. The van der Waals surface area contributed by atoms with E-state index in [1.165, 1.54) is 18.7 Å². The fourth-order valence-electron chi connectivity index (χ4n) is 1.79. The van der Waals surface area contributed by atoms with Gasteiger partial charge in [-0.25, -0.2) is 0 Å². The van der Waals surface area contributed by atoms with Gasteiger partial charge in [0.15, 0.2) is 6.61 Å². The largest absolute Gasteiger partial charge is 0.457 e. The van der Waals surface area contributed by atoms with Gasteiger partial charge >= 0.3 is 5.97 Å². The van der Waals surface area contributed by atoms with Crippen molar-refractivity contribution in [2.24, 2.45) is 0 Å². The van der Waals surface area contributed by atoms with E-state index in [1.54, 1.807) is 11.9 Å². The molecule has 0 fully saturated rings. The van der Waals surface area contributed by atoms with Gasteiger partial charge in [0.25, 0.3) is 0 Å². The number of anilines is 1. The average molecular weight is 288 g/mol. The molecule has 5 nitrogen and oxygen atoms in total. The highest BCUT2D eigenvalue weighted by molar-refractivity contribution is 8.03. The number of carbonyl (C=O) groups is 2. The van der Waals surface area contributed by atoms with Crippen LogP contribution in [0, 0.1) is 11.3 Å². The second-order valence-corrected chi connectivity index (χ2v) is 5.15. The highest BCUT2D eigenvalue weighted by atomic mass is 32.2. The Hall–Kier alpha value is -2.26. The minimum atomic E-state index is -0.545. The molecule has 1 aromatic rings. The molecule has 1 aliphatic heterocycles. The molecule has 0 radical (unpaired) electrons. The molecule has 0 aromatic heterocycles. The van der Waals surface area contributed by atoms with Gasteiger partial charge in [0.1, 0.15) is 16.7 Å². The standard InChI is InChI=1S/C14H12N2O3S/c1-9(17)19-8-12(18)10(7-15)14-16(2)11-5-3-4-6-13(11)20-14/h3-6H,8H2,1-2H3/b14-10-. The number of thioether (sulfide) groups is 1. The summed E-state index contributed by atoms with van der Waals surface area (Å²) >= 11 is 1.36. The highest BCUT2D eigenvalue weighted by Crippen LogP contribution is 2.45. The van der Waals surface area contributed by atoms with Crippen molar-refractivity contribution >= 4 is 29.2 Å². The lowest BCUT2D eigenvalue weighted by Gasteiger charge is -2.14. The van der Waals surface area contributed by atoms with Crippen molar-refractivity contribution in [2.75, 3.05) is 18.6 Å². The number of nitriles is 1. The predicted octanol–water partition coefficient (Wildman–Crippen LogP) is 2.10. The van der Waals surface area contributed by atoms with Crippen LogP contribution in [0.1, 0.15) is 6.92 Å². The predicted molar refractivity (Wildman–Crippen MR) is 75.0 cm³/mol. The van der Waals surface area contributed by atoms with E-state index in [9.17, 15) is 14.9 Å². The SMILES string of the molecule is CC(=O)OCC(=O)/C(C#N)=C1\Sc2ccccc2N1C. The van der Waals surface area contributed by atoms with Crippen LogP contribution in [0.15, 0.2) is 39.8 Å². The number of para-hydroxylation sites is 1. The first kappa shape index (κ1) is 14.2. The number of esters is 1. The first-order valence-electron chi connectivity index (χ1n) is 5.86. The van der Waals surface area contributed by atoms with Crippen molar-refractivity contribution in [3.63, 3.8) is 0 Å². The molecule has 0 bridgehead atoms. The highest BCUT2D eigenvalue weighted by Gasteiger charge is 2.27. The third-order valence-electron chi connectivity index (χ3n) is 2.75. The van der Waals surface area contributed by atoms with Gasteiger partial charge in [0.2, 0.25) is 5.78 Å². The molecule has 0 spiro atoms. The summed E-state index contributed by atoms with van der Waals surface area (Å²) in [6, 6.07) is 9.54. The van der Waals surface area contributed by atoms with Gasteiger partial charge in [-0.05, 0) is 12.1 Å². The minimum absolute atomic E-state index is 0.00921. The summed E-state index contributed by atoms with van der Waals surface area (Å²) in [5.74, 6) is -1.04.